The molecule has 0 aliphatic rings. The number of rotatable bonds is 4. The number of aryl methyl sites for hydroxylation is 2. The first-order chi connectivity index (χ1) is 12.0. The molecule has 0 bridgehead atoms. The number of carbonyl (C=O) groups is 1. The molecule has 25 heavy (non-hydrogen) atoms. The number of benzene rings is 2. The maximum atomic E-state index is 12.4. The molecule has 0 saturated heterocycles. The Kier molecular flexibility index (Phi) is 4.57. The van der Waals surface area contributed by atoms with Crippen molar-refractivity contribution in [1.29, 1.82) is 0 Å². The summed E-state index contributed by atoms with van der Waals surface area (Å²) in [4.78, 5) is 15.6. The largest absolute Gasteiger partial charge is 0.508 e. The Morgan fingerprint density at radius 3 is 2.60 bits per heavy atom. The summed E-state index contributed by atoms with van der Waals surface area (Å²) >= 11 is 0. The number of anilines is 2. The van der Waals surface area contributed by atoms with Crippen molar-refractivity contribution in [2.24, 2.45) is 0 Å². The third kappa shape index (κ3) is 3.40. The molecule has 1 heterocycles. The van der Waals surface area contributed by atoms with Crippen LogP contribution in [0.25, 0.3) is 10.9 Å². The fourth-order valence-electron chi connectivity index (χ4n) is 2.91. The van der Waals surface area contributed by atoms with Gasteiger partial charge in [0.25, 0.3) is 0 Å². The van der Waals surface area contributed by atoms with Crippen LogP contribution in [0.3, 0.4) is 0 Å². The first kappa shape index (κ1) is 16.8. The van der Waals surface area contributed by atoms with Gasteiger partial charge in [0.1, 0.15) is 11.3 Å². The van der Waals surface area contributed by atoms with E-state index in [4.69, 9.17) is 4.74 Å². The van der Waals surface area contributed by atoms with Crippen molar-refractivity contribution < 1.29 is 19.6 Å². The molecule has 0 spiro atoms. The lowest BCUT2D eigenvalue weighted by atomic mass is 10.0. The lowest BCUT2D eigenvalue weighted by Gasteiger charge is -2.13. The zero-order chi connectivity index (χ0) is 18.0. The molecule has 3 aromatic rings. The molecule has 5 nitrogen and oxygen atoms in total. The van der Waals surface area contributed by atoms with E-state index in [1.54, 1.807) is 37.4 Å². The molecule has 3 rings (SSSR count). The maximum Gasteiger partial charge on any atom is 0.346 e. The zero-order valence-corrected chi connectivity index (χ0v) is 14.5. The monoisotopic (exact) mass is 337 g/mol. The van der Waals surface area contributed by atoms with Gasteiger partial charge in [-0.1, -0.05) is 0 Å². The Labute approximate surface area is 146 Å². The summed E-state index contributed by atoms with van der Waals surface area (Å²) in [6, 6.07) is 10.8. The fraction of sp³-hybridized carbons (Fsp3) is 0.200. The molecule has 0 radical (unpaired) electrons. The number of aromatic nitrogens is 1. The summed E-state index contributed by atoms with van der Waals surface area (Å²) in [7, 11) is 0. The van der Waals surface area contributed by atoms with E-state index in [9.17, 15) is 9.90 Å². The van der Waals surface area contributed by atoms with Gasteiger partial charge in [0, 0.05) is 11.3 Å². The average molecular weight is 337 g/mol. The van der Waals surface area contributed by atoms with E-state index >= 15 is 0 Å². The van der Waals surface area contributed by atoms with E-state index in [1.165, 1.54) is 0 Å². The molecule has 1 aromatic heterocycles. The molecule has 0 amide bonds. The Morgan fingerprint density at radius 2 is 1.92 bits per heavy atom. The van der Waals surface area contributed by atoms with E-state index in [-0.39, 0.29) is 11.7 Å². The summed E-state index contributed by atoms with van der Waals surface area (Å²) < 4.78 is 5.20. The maximum absolute atomic E-state index is 12.4. The standard InChI is InChI=1S/C20H20N2O3/c1-4-25-20(24)17-11-21-18-13(3)9-12(2)10-16(18)19(17)22-14-5-7-15(23)8-6-14/h5-11,23H,4H2,1-3H3,(H,21,22)/p+1. The van der Waals surface area contributed by atoms with Gasteiger partial charge in [0.05, 0.1) is 17.7 Å². The lowest BCUT2D eigenvalue weighted by Crippen LogP contribution is -2.15. The minimum Gasteiger partial charge on any atom is -0.508 e. The van der Waals surface area contributed by atoms with Crippen LogP contribution >= 0.6 is 0 Å². The minimum absolute atomic E-state index is 0.189. The number of ether oxygens (including phenoxy) is 1. The highest BCUT2D eigenvalue weighted by molar-refractivity contribution is 6.05. The van der Waals surface area contributed by atoms with Crippen molar-refractivity contribution >= 4 is 28.2 Å². The van der Waals surface area contributed by atoms with Crippen LogP contribution in [0.4, 0.5) is 11.4 Å². The van der Waals surface area contributed by atoms with Crippen LogP contribution in [-0.4, -0.2) is 17.7 Å². The average Bonchev–Trinajstić information content (AvgIpc) is 2.57. The summed E-state index contributed by atoms with van der Waals surface area (Å²) in [6.45, 7) is 6.14. The van der Waals surface area contributed by atoms with Gasteiger partial charge in [-0.15, -0.1) is 0 Å². The number of H-pyrrole nitrogens is 1. The van der Waals surface area contributed by atoms with Crippen molar-refractivity contribution in [3.8, 4) is 5.75 Å². The van der Waals surface area contributed by atoms with Gasteiger partial charge in [0.2, 0.25) is 5.52 Å². The number of phenolic OH excluding ortho intramolecular Hbond substituents is 1. The quantitative estimate of drug-likeness (QED) is 0.559. The summed E-state index contributed by atoms with van der Waals surface area (Å²) in [5, 5.41) is 13.7. The molecule has 0 aliphatic heterocycles. The van der Waals surface area contributed by atoms with E-state index < -0.39 is 0 Å². The van der Waals surface area contributed by atoms with Gasteiger partial charge in [0.15, 0.2) is 6.20 Å². The van der Waals surface area contributed by atoms with E-state index in [0.29, 0.717) is 17.9 Å². The molecule has 0 fully saturated rings. The number of aromatic hydroxyl groups is 1. The van der Waals surface area contributed by atoms with Crippen LogP contribution in [-0.2, 0) is 4.74 Å². The predicted octanol–water partition coefficient (Wildman–Crippen LogP) is 3.90. The number of hydrogen-bond acceptors (Lipinski definition) is 4. The van der Waals surface area contributed by atoms with Crippen LogP contribution in [0.1, 0.15) is 28.4 Å². The summed E-state index contributed by atoms with van der Waals surface area (Å²) in [6.07, 6.45) is 1.67. The van der Waals surface area contributed by atoms with Crippen molar-refractivity contribution in [2.45, 2.75) is 20.8 Å². The number of hydrogen-bond donors (Lipinski definition) is 2. The van der Waals surface area contributed by atoms with Crippen molar-refractivity contribution in [2.75, 3.05) is 11.9 Å². The zero-order valence-electron chi connectivity index (χ0n) is 14.5. The van der Waals surface area contributed by atoms with Gasteiger partial charge >= 0.3 is 5.97 Å². The minimum atomic E-state index is -0.388. The summed E-state index contributed by atoms with van der Waals surface area (Å²) in [5.41, 5.74) is 5.05. The molecular formula is C20H21N2O3+. The number of phenols is 1. The number of pyridine rings is 1. The van der Waals surface area contributed by atoms with E-state index in [2.05, 4.69) is 16.4 Å². The molecule has 128 valence electrons. The topological polar surface area (TPSA) is 72.7 Å². The number of fused-ring (bicyclic) bond motifs is 1. The van der Waals surface area contributed by atoms with Gasteiger partial charge in [-0.2, -0.15) is 0 Å². The Hall–Kier alpha value is -3.08. The number of aromatic amines is 1. The Bertz CT molecular complexity index is 934. The Morgan fingerprint density at radius 1 is 1.20 bits per heavy atom. The van der Waals surface area contributed by atoms with Crippen LogP contribution in [0.15, 0.2) is 42.6 Å². The van der Waals surface area contributed by atoms with Crippen molar-refractivity contribution in [3.63, 3.8) is 0 Å². The highest BCUT2D eigenvalue weighted by atomic mass is 16.5. The van der Waals surface area contributed by atoms with Crippen molar-refractivity contribution in [1.82, 2.24) is 0 Å². The highest BCUT2D eigenvalue weighted by Gasteiger charge is 2.21. The molecule has 3 N–H and O–H groups in total. The third-order valence-corrected chi connectivity index (χ3v) is 4.01. The fourth-order valence-corrected chi connectivity index (χ4v) is 2.91. The van der Waals surface area contributed by atoms with E-state index in [0.717, 1.165) is 27.7 Å². The normalized spacial score (nSPS) is 10.7. The SMILES string of the molecule is CCOC(=O)c1c[nH+]c2c(C)cc(C)cc2c1Nc1ccc(O)cc1. The third-order valence-electron chi connectivity index (χ3n) is 4.01. The summed E-state index contributed by atoms with van der Waals surface area (Å²) in [5.74, 6) is -0.199. The highest BCUT2D eigenvalue weighted by Crippen LogP contribution is 2.31. The van der Waals surface area contributed by atoms with Crippen LogP contribution in [0, 0.1) is 13.8 Å². The van der Waals surface area contributed by atoms with Crippen molar-refractivity contribution in [3.05, 3.63) is 59.3 Å². The number of nitrogens with one attached hydrogen (secondary N) is 2. The van der Waals surface area contributed by atoms with Crippen LogP contribution in [0.5, 0.6) is 5.75 Å². The Balaban J connectivity index is 2.21. The van der Waals surface area contributed by atoms with E-state index in [1.807, 2.05) is 19.9 Å². The molecule has 0 unspecified atom stereocenters. The van der Waals surface area contributed by atoms with Gasteiger partial charge < -0.3 is 15.2 Å². The molecular weight excluding hydrogens is 316 g/mol. The second-order valence-corrected chi connectivity index (χ2v) is 5.97. The van der Waals surface area contributed by atoms with Gasteiger partial charge in [-0.05, 0) is 62.7 Å². The van der Waals surface area contributed by atoms with Crippen LogP contribution < -0.4 is 10.3 Å². The van der Waals surface area contributed by atoms with Gasteiger partial charge in [-0.3, -0.25) is 0 Å². The first-order valence-corrected chi connectivity index (χ1v) is 8.18. The second kappa shape index (κ2) is 6.81. The first-order valence-electron chi connectivity index (χ1n) is 8.18. The molecule has 5 heteroatoms. The smallest absolute Gasteiger partial charge is 0.346 e. The number of carbonyl (C=O) groups excluding carboxylic acids is 1. The predicted molar refractivity (Wildman–Crippen MR) is 97.3 cm³/mol. The molecule has 2 aromatic carbocycles. The number of esters is 1. The molecule has 0 atom stereocenters. The second-order valence-electron chi connectivity index (χ2n) is 5.97. The van der Waals surface area contributed by atoms with Gasteiger partial charge in [-0.25, -0.2) is 9.78 Å². The molecule has 0 aliphatic carbocycles. The molecule has 0 saturated carbocycles. The van der Waals surface area contributed by atoms with Crippen LogP contribution in [0.2, 0.25) is 0 Å². The lowest BCUT2D eigenvalue weighted by molar-refractivity contribution is -0.345.